The Morgan fingerprint density at radius 2 is 1.94 bits per heavy atom. The zero-order valence-electron chi connectivity index (χ0n) is 15.6. The van der Waals surface area contributed by atoms with E-state index < -0.39 is 47.8 Å². The Kier molecular flexibility index (Phi) is 6.95. The largest absolute Gasteiger partial charge is 0.490 e. The van der Waals surface area contributed by atoms with Crippen LogP contribution in [0.4, 0.5) is 5.95 Å². The van der Waals surface area contributed by atoms with Crippen LogP contribution in [0, 0.1) is 5.92 Å². The second-order valence-corrected chi connectivity index (χ2v) is 11.9. The van der Waals surface area contributed by atoms with Gasteiger partial charge in [-0.25, -0.2) is 18.7 Å². The van der Waals surface area contributed by atoms with Gasteiger partial charge in [0.1, 0.15) is 0 Å². The molecule has 174 valence electrons. The number of fused-ring (bicyclic) bond motifs is 1. The number of ether oxygens (including phenoxy) is 1. The Bertz CT molecular complexity index is 1180. The van der Waals surface area contributed by atoms with Crippen LogP contribution in [-0.4, -0.2) is 42.3 Å². The smallest absolute Gasteiger partial charge is 0.369 e. The van der Waals surface area contributed by atoms with E-state index in [1.165, 1.54) is 11.3 Å². The monoisotopic (exact) mass is 521 g/mol. The molecule has 2 aromatic heterocycles. The number of aromatic nitrogens is 2. The molecule has 0 radical (unpaired) electrons. The molecular weight excluding hydrogens is 503 g/mol. The number of nitrogens with zero attached hydrogens (tertiary/aromatic N) is 1. The van der Waals surface area contributed by atoms with Gasteiger partial charge in [0.15, 0.2) is 0 Å². The number of nitrogen functional groups attached to an aromatic ring is 1. The lowest BCUT2D eigenvalue weighted by molar-refractivity contribution is 0.00661. The van der Waals surface area contributed by atoms with Crippen molar-refractivity contribution in [2.24, 2.45) is 5.92 Å². The Balaban J connectivity index is 1.67. The maximum Gasteiger partial charge on any atom is 0.490 e. The van der Waals surface area contributed by atoms with E-state index in [-0.39, 0.29) is 11.9 Å². The number of hydrogen-bond donors (Lipinski definition) is 6. The predicted octanol–water partition coefficient (Wildman–Crippen LogP) is 1.38. The minimum atomic E-state index is -5.59. The van der Waals surface area contributed by atoms with Gasteiger partial charge in [0, 0.05) is 5.38 Å². The van der Waals surface area contributed by atoms with Crippen molar-refractivity contribution >= 4 is 51.7 Å². The van der Waals surface area contributed by atoms with Gasteiger partial charge in [-0.1, -0.05) is 6.92 Å². The van der Waals surface area contributed by atoms with Crippen molar-refractivity contribution < 1.29 is 51.2 Å². The van der Waals surface area contributed by atoms with E-state index >= 15 is 0 Å². The molecule has 15 nitrogen and oxygen atoms in total. The molecule has 1 fully saturated rings. The van der Waals surface area contributed by atoms with Crippen LogP contribution in [0.25, 0.3) is 10.9 Å². The molecule has 19 heteroatoms. The van der Waals surface area contributed by atoms with Crippen LogP contribution in [0.2, 0.25) is 0 Å². The van der Waals surface area contributed by atoms with Crippen LogP contribution in [0.1, 0.15) is 24.3 Å². The Labute approximate surface area is 177 Å². The van der Waals surface area contributed by atoms with E-state index in [1.807, 2.05) is 6.92 Å². The maximum atomic E-state index is 12.0. The Morgan fingerprint density at radius 3 is 2.58 bits per heavy atom. The number of phosphoric ester groups is 1. The van der Waals surface area contributed by atoms with Crippen molar-refractivity contribution in [3.8, 4) is 0 Å². The number of thiophene rings is 1. The highest BCUT2D eigenvalue weighted by Gasteiger charge is 2.42. The number of phosphoric acid groups is 3. The quantitative estimate of drug-likeness (QED) is 0.269. The molecule has 2 aromatic rings. The average Bonchev–Trinajstić information content (AvgIpc) is 3.12. The molecule has 7 N–H and O–H groups in total. The van der Waals surface area contributed by atoms with Crippen LogP contribution in [0.3, 0.4) is 0 Å². The van der Waals surface area contributed by atoms with Crippen LogP contribution in [-0.2, 0) is 31.6 Å². The van der Waals surface area contributed by atoms with Crippen LogP contribution < -0.4 is 11.3 Å². The lowest BCUT2D eigenvalue weighted by Gasteiger charge is -2.18. The third-order valence-electron chi connectivity index (χ3n) is 4.10. The summed E-state index contributed by atoms with van der Waals surface area (Å²) in [7, 11) is -16.3. The normalized spacial score (nSPS) is 26.0. The van der Waals surface area contributed by atoms with E-state index in [2.05, 4.69) is 23.1 Å². The highest BCUT2D eigenvalue weighted by atomic mass is 32.1. The number of rotatable bonds is 8. The molecular formula is C12H18N3O12P3S. The molecule has 0 aromatic carbocycles. The molecule has 1 aliphatic heterocycles. The summed E-state index contributed by atoms with van der Waals surface area (Å²) in [5.41, 5.74) is 5.57. The third kappa shape index (κ3) is 6.29. The number of nitrogens with one attached hydrogen (secondary N) is 1. The van der Waals surface area contributed by atoms with Gasteiger partial charge < -0.3 is 30.0 Å². The molecule has 3 heterocycles. The molecule has 1 aliphatic rings. The first-order valence-electron chi connectivity index (χ1n) is 8.36. The lowest BCUT2D eigenvalue weighted by Crippen LogP contribution is -2.14. The number of anilines is 1. The van der Waals surface area contributed by atoms with Gasteiger partial charge >= 0.3 is 23.5 Å². The Morgan fingerprint density at radius 1 is 1.26 bits per heavy atom. The van der Waals surface area contributed by atoms with Crippen molar-refractivity contribution in [2.45, 2.75) is 25.6 Å². The topological polar surface area (TPSA) is 241 Å². The second-order valence-electron chi connectivity index (χ2n) is 6.59. The molecule has 1 saturated heterocycles. The standard InChI is InChI=1S/C12H18N3O12P3S/c1-5-2-6(3-24-29(20,21)27-30(22,23)26-28(17,18)19)25-9(5)10-8-7(4-31-10)11(16)15-12(13)14-8/h4-6,9H,2-3H2,1H3,(H,20,21)(H,22,23)(H2,17,18,19)(H3,13,14,15,16)/t5-,6-,9+/m0/s1. The molecule has 0 amide bonds. The predicted molar refractivity (Wildman–Crippen MR) is 106 cm³/mol. The summed E-state index contributed by atoms with van der Waals surface area (Å²) < 4.78 is 51.6. The summed E-state index contributed by atoms with van der Waals surface area (Å²) in [6.07, 6.45) is -0.939. The number of aromatic amines is 1. The van der Waals surface area contributed by atoms with Gasteiger partial charge in [0.2, 0.25) is 5.95 Å². The molecule has 2 unspecified atom stereocenters. The van der Waals surface area contributed by atoms with Crippen molar-refractivity contribution in [2.75, 3.05) is 12.3 Å². The number of H-pyrrole nitrogens is 1. The van der Waals surface area contributed by atoms with Gasteiger partial charge in [0.05, 0.1) is 34.6 Å². The first-order valence-corrected chi connectivity index (χ1v) is 13.8. The first-order chi connectivity index (χ1) is 14.2. The number of nitrogens with two attached hydrogens (primary N) is 1. The van der Waals surface area contributed by atoms with Crippen molar-refractivity contribution in [3.05, 3.63) is 20.6 Å². The van der Waals surface area contributed by atoms with E-state index in [9.17, 15) is 23.4 Å². The maximum absolute atomic E-state index is 12.0. The van der Waals surface area contributed by atoms with Crippen molar-refractivity contribution in [1.82, 2.24) is 9.97 Å². The summed E-state index contributed by atoms with van der Waals surface area (Å²) in [5.74, 6) is -0.189. The van der Waals surface area contributed by atoms with E-state index in [4.69, 9.17) is 25.2 Å². The summed E-state index contributed by atoms with van der Waals surface area (Å²) in [4.78, 5) is 54.9. The average molecular weight is 521 g/mol. The third-order valence-corrected chi connectivity index (χ3v) is 8.93. The van der Waals surface area contributed by atoms with Crippen LogP contribution >= 0.6 is 34.8 Å². The van der Waals surface area contributed by atoms with Gasteiger partial charge in [-0.3, -0.25) is 14.3 Å². The van der Waals surface area contributed by atoms with Gasteiger partial charge in [-0.2, -0.15) is 8.62 Å². The Hall–Kier alpha value is -0.990. The number of hydrogen-bond acceptors (Lipinski definition) is 11. The fourth-order valence-electron chi connectivity index (χ4n) is 3.02. The van der Waals surface area contributed by atoms with Gasteiger partial charge in [-0.15, -0.1) is 11.3 Å². The minimum Gasteiger partial charge on any atom is -0.369 e. The fraction of sp³-hybridized carbons (Fsp3) is 0.500. The molecule has 0 aliphatic carbocycles. The molecule has 3 rings (SSSR count). The molecule has 31 heavy (non-hydrogen) atoms. The van der Waals surface area contributed by atoms with Crippen LogP contribution in [0.15, 0.2) is 10.2 Å². The van der Waals surface area contributed by atoms with E-state index in [1.54, 1.807) is 5.38 Å². The molecule has 5 atom stereocenters. The van der Waals surface area contributed by atoms with Gasteiger partial charge in [0.25, 0.3) is 5.56 Å². The first kappa shape index (κ1) is 24.6. The minimum absolute atomic E-state index is 0.0630. The van der Waals surface area contributed by atoms with Crippen LogP contribution in [0.5, 0.6) is 0 Å². The molecule has 0 bridgehead atoms. The zero-order valence-corrected chi connectivity index (χ0v) is 19.1. The SMILES string of the molecule is C[C@H]1C[C@@H](COP(=O)(O)OP(=O)(O)OP(=O)(O)O)O[C@H]1c1scc2c(=O)[nH]c(N)nc12. The highest BCUT2D eigenvalue weighted by molar-refractivity contribution is 7.66. The van der Waals surface area contributed by atoms with Gasteiger partial charge in [-0.05, 0) is 12.3 Å². The summed E-state index contributed by atoms with van der Waals surface area (Å²) >= 11 is 1.23. The van der Waals surface area contributed by atoms with E-state index in [0.29, 0.717) is 22.2 Å². The second kappa shape index (κ2) is 8.75. The van der Waals surface area contributed by atoms with Crippen molar-refractivity contribution in [3.63, 3.8) is 0 Å². The van der Waals surface area contributed by atoms with E-state index in [0.717, 1.165) is 0 Å². The summed E-state index contributed by atoms with van der Waals surface area (Å²) in [6.45, 7) is 1.28. The van der Waals surface area contributed by atoms with Crippen molar-refractivity contribution in [1.29, 1.82) is 0 Å². The zero-order chi connectivity index (χ0) is 23.2. The lowest BCUT2D eigenvalue weighted by atomic mass is 10.0. The molecule has 0 saturated carbocycles. The summed E-state index contributed by atoms with van der Waals surface area (Å²) in [6, 6.07) is 0. The summed E-state index contributed by atoms with van der Waals surface area (Å²) in [5, 5.41) is 1.94. The fourth-order valence-corrected chi connectivity index (χ4v) is 7.22. The highest BCUT2D eigenvalue weighted by Crippen LogP contribution is 2.66. The molecule has 0 spiro atoms.